The quantitative estimate of drug-likeness (QED) is 0.922. The highest BCUT2D eigenvalue weighted by molar-refractivity contribution is 5.17. The normalized spacial score (nSPS) is 22.8. The molecule has 0 amide bonds. The van der Waals surface area contributed by atoms with Gasteiger partial charge in [-0.2, -0.15) is 8.78 Å². The molecule has 3 heterocycles. The molecule has 0 aromatic carbocycles. The summed E-state index contributed by atoms with van der Waals surface area (Å²) in [4.78, 5) is 6.28. The van der Waals surface area contributed by atoms with Gasteiger partial charge in [-0.05, 0) is 43.0 Å². The topological polar surface area (TPSA) is 28.2 Å². The molecule has 3 nitrogen and oxygen atoms in total. The van der Waals surface area contributed by atoms with Crippen molar-refractivity contribution in [3.63, 3.8) is 0 Å². The number of alkyl halides is 2. The van der Waals surface area contributed by atoms with Crippen LogP contribution in [0.25, 0.3) is 0 Å². The third-order valence-corrected chi connectivity index (χ3v) is 4.60. The highest BCUT2D eigenvalue weighted by Gasteiger charge is 2.39. The molecule has 0 bridgehead atoms. The van der Waals surface area contributed by atoms with Crippen LogP contribution in [-0.2, 0) is 12.5 Å². The molecule has 2 saturated heterocycles. The first-order valence-corrected chi connectivity index (χ1v) is 7.23. The Kier molecular flexibility index (Phi) is 3.50. The van der Waals surface area contributed by atoms with E-state index in [0.29, 0.717) is 5.41 Å². The Labute approximate surface area is 118 Å². The lowest BCUT2D eigenvalue weighted by Gasteiger charge is -2.48. The van der Waals surface area contributed by atoms with Gasteiger partial charge in [-0.15, -0.1) is 0 Å². The maximum Gasteiger partial charge on any atom is 0.286 e. The lowest BCUT2D eigenvalue weighted by Crippen LogP contribution is -2.58. The summed E-state index contributed by atoms with van der Waals surface area (Å²) in [6, 6.07) is 3.21. The van der Waals surface area contributed by atoms with E-state index in [2.05, 4.69) is 15.2 Å². The molecule has 5 heteroatoms. The summed E-state index contributed by atoms with van der Waals surface area (Å²) in [5.74, 6) is -2.85. The van der Waals surface area contributed by atoms with Gasteiger partial charge in [0, 0.05) is 32.8 Å². The number of piperidine rings is 1. The second-order valence-corrected chi connectivity index (χ2v) is 6.32. The summed E-state index contributed by atoms with van der Waals surface area (Å²) in [6.07, 6.45) is 4.05. The lowest BCUT2D eigenvalue weighted by atomic mass is 9.73. The van der Waals surface area contributed by atoms with Crippen molar-refractivity contribution in [1.82, 2.24) is 15.2 Å². The summed E-state index contributed by atoms with van der Waals surface area (Å²) in [6.45, 7) is 6.18. The number of rotatable bonds is 3. The maximum absolute atomic E-state index is 13.1. The smallest absolute Gasteiger partial charge is 0.286 e. The molecule has 0 unspecified atom stereocenters. The minimum atomic E-state index is -2.85. The first kappa shape index (κ1) is 13.9. The molecule has 1 aromatic rings. The van der Waals surface area contributed by atoms with Crippen LogP contribution in [-0.4, -0.2) is 36.1 Å². The molecule has 3 rings (SSSR count). The second kappa shape index (κ2) is 5.04. The maximum atomic E-state index is 13.1. The van der Waals surface area contributed by atoms with E-state index in [1.54, 1.807) is 12.3 Å². The molecule has 1 aromatic heterocycles. The Morgan fingerprint density at radius 2 is 2.00 bits per heavy atom. The zero-order valence-corrected chi connectivity index (χ0v) is 11.8. The summed E-state index contributed by atoms with van der Waals surface area (Å²) in [5, 5.41) is 3.36. The lowest BCUT2D eigenvalue weighted by molar-refractivity contribution is 0.0126. The number of hydrogen-bond donors (Lipinski definition) is 1. The molecule has 1 spiro atoms. The highest BCUT2D eigenvalue weighted by atomic mass is 19.3. The molecule has 2 aliphatic rings. The van der Waals surface area contributed by atoms with E-state index < -0.39 is 5.92 Å². The zero-order chi connectivity index (χ0) is 14.2. The number of pyridine rings is 1. The Balaban J connectivity index is 1.56. The van der Waals surface area contributed by atoms with Crippen LogP contribution in [0.3, 0.4) is 0 Å². The third-order valence-electron chi connectivity index (χ3n) is 4.60. The van der Waals surface area contributed by atoms with Crippen LogP contribution in [0, 0.1) is 5.41 Å². The van der Waals surface area contributed by atoms with E-state index >= 15 is 0 Å². The summed E-state index contributed by atoms with van der Waals surface area (Å²) >= 11 is 0. The van der Waals surface area contributed by atoms with Crippen molar-refractivity contribution in [2.75, 3.05) is 26.2 Å². The van der Waals surface area contributed by atoms with Gasteiger partial charge in [0.15, 0.2) is 0 Å². The molecule has 0 radical (unpaired) electrons. The average Bonchev–Trinajstić information content (AvgIpc) is 2.37. The predicted octanol–water partition coefficient (Wildman–Crippen LogP) is 2.38. The number of likely N-dealkylation sites (tertiary alicyclic amines) is 1. The predicted molar refractivity (Wildman–Crippen MR) is 73.6 cm³/mol. The summed E-state index contributed by atoms with van der Waals surface area (Å²) in [7, 11) is 0. The molecule has 20 heavy (non-hydrogen) atoms. The van der Waals surface area contributed by atoms with Gasteiger partial charge in [0.2, 0.25) is 0 Å². The Bertz CT molecular complexity index is 453. The molecule has 1 N–H and O–H groups in total. The van der Waals surface area contributed by atoms with Gasteiger partial charge in [-0.25, -0.2) is 0 Å². The molecule has 0 aliphatic carbocycles. The van der Waals surface area contributed by atoms with Gasteiger partial charge in [0.1, 0.15) is 5.69 Å². The van der Waals surface area contributed by atoms with Crippen LogP contribution in [0.1, 0.15) is 31.0 Å². The minimum absolute atomic E-state index is 0.153. The van der Waals surface area contributed by atoms with E-state index in [1.165, 1.54) is 18.9 Å². The Morgan fingerprint density at radius 3 is 2.45 bits per heavy atom. The van der Waals surface area contributed by atoms with Gasteiger partial charge in [-0.3, -0.25) is 9.88 Å². The first-order chi connectivity index (χ1) is 9.47. The van der Waals surface area contributed by atoms with Crippen molar-refractivity contribution >= 4 is 0 Å². The first-order valence-electron chi connectivity index (χ1n) is 7.23. The van der Waals surface area contributed by atoms with E-state index in [9.17, 15) is 8.78 Å². The van der Waals surface area contributed by atoms with Gasteiger partial charge in [-0.1, -0.05) is 6.07 Å². The van der Waals surface area contributed by atoms with Gasteiger partial charge < -0.3 is 5.32 Å². The minimum Gasteiger partial charge on any atom is -0.316 e. The van der Waals surface area contributed by atoms with Crippen LogP contribution in [0.15, 0.2) is 18.3 Å². The van der Waals surface area contributed by atoms with E-state index in [4.69, 9.17) is 0 Å². The second-order valence-electron chi connectivity index (χ2n) is 6.32. The molecule has 0 saturated carbocycles. The molecular formula is C15H21F2N3. The monoisotopic (exact) mass is 281 g/mol. The Morgan fingerprint density at radius 1 is 1.30 bits per heavy atom. The van der Waals surface area contributed by atoms with Crippen LogP contribution < -0.4 is 5.32 Å². The van der Waals surface area contributed by atoms with Crippen molar-refractivity contribution in [3.05, 3.63) is 29.6 Å². The van der Waals surface area contributed by atoms with Crippen LogP contribution in [0.2, 0.25) is 0 Å². The molecule has 0 atom stereocenters. The summed E-state index contributed by atoms with van der Waals surface area (Å²) in [5.41, 5.74) is 1.41. The van der Waals surface area contributed by atoms with Crippen molar-refractivity contribution < 1.29 is 8.78 Å². The van der Waals surface area contributed by atoms with E-state index in [-0.39, 0.29) is 5.69 Å². The van der Waals surface area contributed by atoms with Crippen molar-refractivity contribution in [1.29, 1.82) is 0 Å². The molecule has 2 fully saturated rings. The zero-order valence-electron chi connectivity index (χ0n) is 11.8. The number of aromatic nitrogens is 1. The van der Waals surface area contributed by atoms with Crippen LogP contribution >= 0.6 is 0 Å². The Hall–Kier alpha value is -1.07. The van der Waals surface area contributed by atoms with E-state index in [1.807, 2.05) is 0 Å². The summed E-state index contributed by atoms with van der Waals surface area (Å²) < 4.78 is 26.2. The number of hydrogen-bond acceptors (Lipinski definition) is 3. The fraction of sp³-hybridized carbons (Fsp3) is 0.667. The number of halogens is 2. The molecule has 110 valence electrons. The third kappa shape index (κ3) is 2.83. The highest BCUT2D eigenvalue weighted by Crippen LogP contribution is 2.35. The number of nitrogens with one attached hydrogen (secondary N) is 1. The fourth-order valence-electron chi connectivity index (χ4n) is 3.05. The van der Waals surface area contributed by atoms with Crippen molar-refractivity contribution in [2.45, 2.75) is 32.2 Å². The molecular weight excluding hydrogens is 260 g/mol. The number of nitrogens with zero attached hydrogens (tertiary/aromatic N) is 2. The van der Waals surface area contributed by atoms with Crippen LogP contribution in [0.5, 0.6) is 0 Å². The average molecular weight is 281 g/mol. The largest absolute Gasteiger partial charge is 0.316 e. The standard InChI is InChI=1S/C15H21F2N3/c1-14(16,17)13-3-2-12(8-19-13)9-20-6-4-15(5-7-20)10-18-11-15/h2-3,8,18H,4-7,9-11H2,1H3. The van der Waals surface area contributed by atoms with Gasteiger partial charge >= 0.3 is 0 Å². The van der Waals surface area contributed by atoms with Crippen molar-refractivity contribution in [2.24, 2.45) is 5.41 Å². The van der Waals surface area contributed by atoms with E-state index in [0.717, 1.165) is 45.2 Å². The van der Waals surface area contributed by atoms with Crippen molar-refractivity contribution in [3.8, 4) is 0 Å². The fourth-order valence-corrected chi connectivity index (χ4v) is 3.05. The SMILES string of the molecule is CC(F)(F)c1ccc(CN2CCC3(CC2)CNC3)cn1. The molecule has 2 aliphatic heterocycles. The van der Waals surface area contributed by atoms with Crippen LogP contribution in [0.4, 0.5) is 8.78 Å². The van der Waals surface area contributed by atoms with Gasteiger partial charge in [0.25, 0.3) is 5.92 Å². The van der Waals surface area contributed by atoms with Gasteiger partial charge in [0.05, 0.1) is 0 Å².